The summed E-state index contributed by atoms with van der Waals surface area (Å²) >= 11 is 5.57. The normalized spacial score (nSPS) is 11.8. The minimum atomic E-state index is -4.68. The van der Waals surface area contributed by atoms with Gasteiger partial charge in [-0.05, 0) is 41.8 Å². The van der Waals surface area contributed by atoms with Gasteiger partial charge in [-0.1, -0.05) is 89.8 Å². The summed E-state index contributed by atoms with van der Waals surface area (Å²) in [5, 5.41) is 0. The van der Waals surface area contributed by atoms with Crippen LogP contribution < -0.4 is 103 Å². The quantitative estimate of drug-likeness (QED) is 0.0911. The molecule has 1 heterocycles. The smallest absolute Gasteiger partial charge is 0.748 e. The van der Waals surface area contributed by atoms with E-state index in [2.05, 4.69) is 16.9 Å². The molecular formula is C26H40K2N2O6S3. The van der Waals surface area contributed by atoms with Gasteiger partial charge < -0.3 is 14.1 Å². The van der Waals surface area contributed by atoms with Gasteiger partial charge in [-0.3, -0.25) is 0 Å². The molecule has 39 heavy (non-hydrogen) atoms. The molecule has 8 nitrogen and oxygen atoms in total. The van der Waals surface area contributed by atoms with Crippen LogP contribution in [0.3, 0.4) is 0 Å². The van der Waals surface area contributed by atoms with E-state index >= 15 is 0 Å². The second-order valence-corrected chi connectivity index (χ2v) is 13.3. The van der Waals surface area contributed by atoms with Crippen molar-refractivity contribution in [3.8, 4) is 0 Å². The molecule has 0 bridgehead atoms. The molecule has 0 amide bonds. The first-order chi connectivity index (χ1) is 17.5. The first-order valence-corrected chi connectivity index (χ1v) is 16.8. The molecule has 1 aromatic heterocycles. The number of aromatic amines is 1. The monoisotopic (exact) mass is 650 g/mol. The summed E-state index contributed by atoms with van der Waals surface area (Å²) in [6.07, 6.45) is 16.4. The van der Waals surface area contributed by atoms with Gasteiger partial charge in [0.05, 0.1) is 26.0 Å². The Bertz CT molecular complexity index is 1220. The summed E-state index contributed by atoms with van der Waals surface area (Å²) in [7, 11) is -9.01. The number of nitrogens with zero attached hydrogens (tertiary/aromatic N) is 1. The van der Waals surface area contributed by atoms with Crippen molar-refractivity contribution >= 4 is 48.4 Å². The molecule has 0 saturated heterocycles. The maximum atomic E-state index is 11.7. The summed E-state index contributed by atoms with van der Waals surface area (Å²) in [6, 6.07) is 2.56. The second-order valence-electron chi connectivity index (χ2n) is 9.84. The third kappa shape index (κ3) is 17.7. The van der Waals surface area contributed by atoms with Gasteiger partial charge in [0.25, 0.3) is 0 Å². The standard InChI is InChI=1S/C26H42N2O6S3.2K/c1-2-3-4-5-6-7-8-9-10-11-12-13-15-22(35)18-21-19-23(37(32,33)34)20-24-26(21)28-25(27-24)16-14-17-36(29,30)31;;/h19-20H,2-18H2,1H3,(H,27,28)(H,29,30,31)(H,32,33,34);;/q;2*+1/p-2. The summed E-state index contributed by atoms with van der Waals surface area (Å²) < 4.78 is 67.6. The first kappa shape index (κ1) is 40.9. The summed E-state index contributed by atoms with van der Waals surface area (Å²) in [6.45, 7) is 2.24. The first-order valence-electron chi connectivity index (χ1n) is 13.4. The van der Waals surface area contributed by atoms with Crippen molar-refractivity contribution in [2.75, 3.05) is 5.75 Å². The Morgan fingerprint density at radius 1 is 0.846 bits per heavy atom. The molecule has 0 atom stereocenters. The molecule has 0 aliphatic carbocycles. The zero-order valence-corrected chi connectivity index (χ0v) is 32.5. The van der Waals surface area contributed by atoms with Crippen LogP contribution in [0.2, 0.25) is 0 Å². The summed E-state index contributed by atoms with van der Waals surface area (Å²) in [5.41, 5.74) is 1.43. The third-order valence-corrected chi connectivity index (χ3v) is 8.43. The van der Waals surface area contributed by atoms with Crippen molar-refractivity contribution in [1.82, 2.24) is 9.97 Å². The van der Waals surface area contributed by atoms with Gasteiger partial charge in [0.1, 0.15) is 15.9 Å². The fourth-order valence-electron chi connectivity index (χ4n) is 4.49. The zero-order chi connectivity index (χ0) is 27.3. The topological polar surface area (TPSA) is 143 Å². The summed E-state index contributed by atoms with van der Waals surface area (Å²) in [4.78, 5) is 7.83. The summed E-state index contributed by atoms with van der Waals surface area (Å²) in [5.74, 6) is -0.0903. The van der Waals surface area contributed by atoms with E-state index in [0.717, 1.165) is 24.1 Å². The second kappa shape index (κ2) is 21.6. The van der Waals surface area contributed by atoms with Gasteiger partial charge in [-0.2, -0.15) is 0 Å². The van der Waals surface area contributed by atoms with Gasteiger partial charge in [0.2, 0.25) is 0 Å². The minimum Gasteiger partial charge on any atom is -0.748 e. The van der Waals surface area contributed by atoms with Crippen LogP contribution in [-0.2, 0) is 33.1 Å². The number of aryl methyl sites for hydroxylation is 1. The Hall–Kier alpha value is 1.87. The van der Waals surface area contributed by atoms with Crippen molar-refractivity contribution in [2.45, 2.75) is 115 Å². The van der Waals surface area contributed by atoms with Gasteiger partial charge in [-0.25, -0.2) is 21.8 Å². The van der Waals surface area contributed by atoms with Crippen molar-refractivity contribution in [1.29, 1.82) is 0 Å². The van der Waals surface area contributed by atoms with E-state index < -0.39 is 26.0 Å². The molecule has 0 aliphatic heterocycles. The predicted octanol–water partition coefficient (Wildman–Crippen LogP) is -0.0436. The molecule has 0 fully saturated rings. The number of thiocarbonyl (C=S) groups is 1. The Morgan fingerprint density at radius 3 is 1.90 bits per heavy atom. The molecule has 0 aliphatic rings. The number of benzene rings is 1. The Balaban J connectivity index is 0.00000722. The van der Waals surface area contributed by atoms with E-state index in [9.17, 15) is 25.9 Å². The zero-order valence-electron chi connectivity index (χ0n) is 23.8. The predicted molar refractivity (Wildman–Crippen MR) is 149 cm³/mol. The Morgan fingerprint density at radius 2 is 1.38 bits per heavy atom. The average Bonchev–Trinajstić information content (AvgIpc) is 3.21. The Labute approximate surface area is 325 Å². The van der Waals surface area contributed by atoms with Crippen LogP contribution >= 0.6 is 12.2 Å². The maximum absolute atomic E-state index is 11.7. The van der Waals surface area contributed by atoms with Crippen molar-refractivity contribution in [2.24, 2.45) is 0 Å². The maximum Gasteiger partial charge on any atom is 1.00 e. The van der Waals surface area contributed by atoms with Crippen LogP contribution in [0.4, 0.5) is 0 Å². The van der Waals surface area contributed by atoms with Gasteiger partial charge in [0, 0.05) is 18.6 Å². The largest absolute Gasteiger partial charge is 1.00 e. The molecule has 0 saturated carbocycles. The Kier molecular flexibility index (Phi) is 22.6. The van der Waals surface area contributed by atoms with Gasteiger partial charge in [0.15, 0.2) is 0 Å². The molecule has 210 valence electrons. The van der Waals surface area contributed by atoms with E-state index in [4.69, 9.17) is 12.2 Å². The number of unbranched alkanes of at least 4 members (excludes halogenated alkanes) is 11. The van der Waals surface area contributed by atoms with E-state index in [0.29, 0.717) is 28.8 Å². The van der Waals surface area contributed by atoms with Crippen LogP contribution in [0.15, 0.2) is 17.0 Å². The molecule has 1 aromatic carbocycles. The molecule has 0 spiro atoms. The molecule has 0 radical (unpaired) electrons. The molecule has 13 heteroatoms. The number of H-pyrrole nitrogens is 1. The fraction of sp³-hybridized carbons (Fsp3) is 0.692. The molecule has 2 aromatic rings. The number of hydrogen-bond acceptors (Lipinski definition) is 8. The van der Waals surface area contributed by atoms with Gasteiger partial charge in [-0.15, -0.1) is 0 Å². The van der Waals surface area contributed by atoms with Crippen molar-refractivity contribution in [3.05, 3.63) is 23.5 Å². The number of imidazole rings is 1. The van der Waals surface area contributed by atoms with E-state index in [1.807, 2.05) is 0 Å². The fourth-order valence-corrected chi connectivity index (χ4v) is 5.84. The van der Waals surface area contributed by atoms with Crippen molar-refractivity contribution < 1.29 is 129 Å². The van der Waals surface area contributed by atoms with Crippen LogP contribution in [0.1, 0.15) is 108 Å². The van der Waals surface area contributed by atoms with Crippen molar-refractivity contribution in [3.63, 3.8) is 0 Å². The van der Waals surface area contributed by atoms with E-state index in [-0.39, 0.29) is 121 Å². The molecule has 0 unspecified atom stereocenters. The SMILES string of the molecule is CCCCCCCCCCCCCCC(=S)Cc1cc(S(=O)(=O)[O-])cc2[nH]c(CCCS(=O)(=O)[O-])nc12.[K+].[K+]. The molecular weight excluding hydrogens is 611 g/mol. The number of aromatic nitrogens is 2. The van der Waals surface area contributed by atoms with E-state index in [1.54, 1.807) is 0 Å². The van der Waals surface area contributed by atoms with E-state index in [1.165, 1.54) is 76.3 Å². The molecule has 1 N–H and O–H groups in total. The van der Waals surface area contributed by atoms with Crippen LogP contribution in [0, 0.1) is 0 Å². The number of fused-ring (bicyclic) bond motifs is 1. The van der Waals surface area contributed by atoms with Crippen LogP contribution in [0.25, 0.3) is 11.0 Å². The number of rotatable bonds is 20. The number of hydrogen-bond donors (Lipinski definition) is 1. The van der Waals surface area contributed by atoms with Crippen LogP contribution in [0.5, 0.6) is 0 Å². The third-order valence-electron chi connectivity index (χ3n) is 6.48. The van der Waals surface area contributed by atoms with Gasteiger partial charge >= 0.3 is 103 Å². The number of nitrogens with one attached hydrogen (secondary N) is 1. The molecule has 2 rings (SSSR count). The minimum absolute atomic E-state index is 0. The average molecular weight is 651 g/mol. The van der Waals surface area contributed by atoms with Crippen LogP contribution in [-0.4, -0.2) is 46.5 Å².